The number of hydrazone groups is 1. The minimum Gasteiger partial charge on any atom is -0.348 e. The second-order valence-corrected chi connectivity index (χ2v) is 7.48. The molecule has 4 amide bonds. The van der Waals surface area contributed by atoms with Crippen LogP contribution in [0, 0.1) is 11.6 Å². The van der Waals surface area contributed by atoms with E-state index in [4.69, 9.17) is 0 Å². The number of hydrogen-bond donors (Lipinski definition) is 3. The first kappa shape index (κ1) is 19.8. The lowest BCUT2D eigenvalue weighted by molar-refractivity contribution is -0.124. The van der Waals surface area contributed by atoms with Crippen molar-refractivity contribution in [3.05, 3.63) is 46.4 Å². The molecule has 2 aliphatic rings. The van der Waals surface area contributed by atoms with Crippen molar-refractivity contribution in [3.63, 3.8) is 0 Å². The fourth-order valence-corrected chi connectivity index (χ4v) is 3.89. The number of halogens is 2. The van der Waals surface area contributed by atoms with Gasteiger partial charge >= 0.3 is 6.03 Å². The van der Waals surface area contributed by atoms with Crippen molar-refractivity contribution in [2.24, 2.45) is 5.10 Å². The highest BCUT2D eigenvalue weighted by atomic mass is 32.1. The third-order valence-electron chi connectivity index (χ3n) is 4.56. The molecule has 1 aromatic carbocycles. The summed E-state index contributed by atoms with van der Waals surface area (Å²) in [5.41, 5.74) is -1.52. The van der Waals surface area contributed by atoms with Crippen LogP contribution < -0.4 is 21.1 Å². The lowest BCUT2D eigenvalue weighted by atomic mass is 10.0. The second kappa shape index (κ2) is 7.42. The van der Waals surface area contributed by atoms with Gasteiger partial charge in [-0.2, -0.15) is 15.2 Å². The minimum absolute atomic E-state index is 0.0246. The van der Waals surface area contributed by atoms with Crippen molar-refractivity contribution < 1.29 is 23.2 Å². The summed E-state index contributed by atoms with van der Waals surface area (Å²) in [7, 11) is 1.58. The number of hydrogen-bond acceptors (Lipinski definition) is 8. The Morgan fingerprint density at radius 1 is 1.37 bits per heavy atom. The van der Waals surface area contributed by atoms with Gasteiger partial charge in [0.1, 0.15) is 22.2 Å². The summed E-state index contributed by atoms with van der Waals surface area (Å²) in [5, 5.41) is 15.9. The van der Waals surface area contributed by atoms with Gasteiger partial charge in [-0.15, -0.1) is 11.3 Å². The van der Waals surface area contributed by atoms with Gasteiger partial charge in [-0.3, -0.25) is 14.9 Å². The standard InChI is InChI=1S/C17H15F2N7O3S/c1-25-7-11(24-26(25)12-3-2-9(18)6-10(12)19)13(27)21-8-17(15-20-4-5-30-15)14(28)22-16(29)23-17/h2-6H,7-8H2,1H3,(H,21,27)(H2,22,23,28,29). The van der Waals surface area contributed by atoms with Crippen LogP contribution in [0.2, 0.25) is 0 Å². The van der Waals surface area contributed by atoms with Crippen LogP contribution in [0.5, 0.6) is 0 Å². The maximum absolute atomic E-state index is 14.1. The number of hydrazine groups is 1. The first-order valence-corrected chi connectivity index (χ1v) is 9.53. The zero-order valence-corrected chi connectivity index (χ0v) is 16.3. The molecule has 3 N–H and O–H groups in total. The summed E-state index contributed by atoms with van der Waals surface area (Å²) in [6, 6.07) is 2.32. The fourth-order valence-electron chi connectivity index (χ4n) is 3.10. The normalized spacial score (nSPS) is 21.4. The molecule has 0 aliphatic carbocycles. The van der Waals surface area contributed by atoms with Crippen LogP contribution in [-0.4, -0.2) is 53.7 Å². The van der Waals surface area contributed by atoms with Crippen molar-refractivity contribution in [1.82, 2.24) is 25.9 Å². The second-order valence-electron chi connectivity index (χ2n) is 6.58. The molecule has 3 heterocycles. The maximum atomic E-state index is 14.1. The number of anilines is 1. The van der Waals surface area contributed by atoms with E-state index < -0.39 is 35.0 Å². The monoisotopic (exact) mass is 435 g/mol. The molecule has 4 rings (SSSR count). The lowest BCUT2D eigenvalue weighted by Gasteiger charge is -2.23. The van der Waals surface area contributed by atoms with Gasteiger partial charge in [0.15, 0.2) is 11.4 Å². The zero-order valence-electron chi connectivity index (χ0n) is 15.5. The molecule has 0 bridgehead atoms. The molecule has 1 atom stereocenters. The van der Waals surface area contributed by atoms with Gasteiger partial charge in [-0.05, 0) is 12.1 Å². The van der Waals surface area contributed by atoms with E-state index in [0.29, 0.717) is 5.01 Å². The van der Waals surface area contributed by atoms with E-state index in [9.17, 15) is 23.2 Å². The van der Waals surface area contributed by atoms with Crippen molar-refractivity contribution in [2.75, 3.05) is 25.3 Å². The summed E-state index contributed by atoms with van der Waals surface area (Å²) in [4.78, 5) is 40.8. The van der Waals surface area contributed by atoms with Gasteiger partial charge in [-0.1, -0.05) is 0 Å². The number of thiazole rings is 1. The third-order valence-corrected chi connectivity index (χ3v) is 5.49. The highest BCUT2D eigenvalue weighted by Gasteiger charge is 2.50. The van der Waals surface area contributed by atoms with Crippen LogP contribution in [0.15, 0.2) is 34.9 Å². The Kier molecular flexibility index (Phi) is 4.91. The van der Waals surface area contributed by atoms with Crippen molar-refractivity contribution >= 4 is 40.6 Å². The molecule has 0 saturated carbocycles. The molecule has 1 saturated heterocycles. The average molecular weight is 435 g/mol. The molecule has 2 aliphatic heterocycles. The molecule has 30 heavy (non-hydrogen) atoms. The molecular formula is C17H15F2N7O3S. The Hall–Kier alpha value is -3.45. The SMILES string of the molecule is CN1CC(C(=O)NCC2(c3nccs3)NC(=O)NC2=O)=NN1c1ccc(F)cc1F. The van der Waals surface area contributed by atoms with Gasteiger partial charge in [0, 0.05) is 24.7 Å². The van der Waals surface area contributed by atoms with Crippen LogP contribution in [0.3, 0.4) is 0 Å². The van der Waals surface area contributed by atoms with E-state index >= 15 is 0 Å². The Bertz CT molecular complexity index is 1060. The van der Waals surface area contributed by atoms with E-state index in [0.717, 1.165) is 28.6 Å². The fraction of sp³-hybridized carbons (Fsp3) is 0.235. The number of rotatable bonds is 5. The number of nitrogens with one attached hydrogen (secondary N) is 3. The summed E-state index contributed by atoms with van der Waals surface area (Å²) < 4.78 is 27.2. The Balaban J connectivity index is 1.52. The summed E-state index contributed by atoms with van der Waals surface area (Å²) in [6.07, 6.45) is 1.48. The van der Waals surface area contributed by atoms with Crippen LogP contribution in [0.4, 0.5) is 19.3 Å². The summed E-state index contributed by atoms with van der Waals surface area (Å²) in [5.74, 6) is -2.82. The molecule has 0 spiro atoms. The van der Waals surface area contributed by atoms with E-state index in [-0.39, 0.29) is 24.5 Å². The highest BCUT2D eigenvalue weighted by molar-refractivity contribution is 7.09. The molecule has 1 fully saturated rings. The minimum atomic E-state index is -1.53. The number of benzene rings is 1. The smallest absolute Gasteiger partial charge is 0.322 e. The maximum Gasteiger partial charge on any atom is 0.322 e. The Morgan fingerprint density at radius 2 is 2.17 bits per heavy atom. The topological polar surface area (TPSA) is 119 Å². The Labute approximate surface area is 172 Å². The lowest BCUT2D eigenvalue weighted by Crippen LogP contribution is -2.53. The van der Waals surface area contributed by atoms with E-state index in [1.807, 2.05) is 0 Å². The molecule has 2 aromatic rings. The predicted molar refractivity (Wildman–Crippen MR) is 102 cm³/mol. The van der Waals surface area contributed by atoms with Crippen LogP contribution in [0.25, 0.3) is 0 Å². The Morgan fingerprint density at radius 3 is 2.80 bits per heavy atom. The molecule has 13 heteroatoms. The van der Waals surface area contributed by atoms with Gasteiger partial charge in [0.05, 0.1) is 13.1 Å². The molecule has 1 unspecified atom stereocenters. The summed E-state index contributed by atoms with van der Waals surface area (Å²) in [6.45, 7) is -0.212. The van der Waals surface area contributed by atoms with Crippen molar-refractivity contribution in [3.8, 4) is 0 Å². The number of amides is 4. The number of imide groups is 1. The predicted octanol–water partition coefficient (Wildman–Crippen LogP) is 0.295. The quantitative estimate of drug-likeness (QED) is 0.581. The van der Waals surface area contributed by atoms with Gasteiger partial charge in [0.25, 0.3) is 11.8 Å². The number of carbonyl (C=O) groups excluding carboxylic acids is 3. The van der Waals surface area contributed by atoms with E-state index in [2.05, 4.69) is 26.0 Å². The highest BCUT2D eigenvalue weighted by Crippen LogP contribution is 2.27. The van der Waals surface area contributed by atoms with Gasteiger partial charge in [0.2, 0.25) is 0 Å². The third kappa shape index (κ3) is 3.37. The van der Waals surface area contributed by atoms with Crippen molar-refractivity contribution in [1.29, 1.82) is 0 Å². The zero-order chi connectivity index (χ0) is 21.5. The number of aromatic nitrogens is 1. The molecule has 156 valence electrons. The average Bonchev–Trinajstić information content (AvgIpc) is 3.40. The van der Waals surface area contributed by atoms with Crippen LogP contribution in [0.1, 0.15) is 5.01 Å². The van der Waals surface area contributed by atoms with Crippen LogP contribution >= 0.6 is 11.3 Å². The number of urea groups is 1. The van der Waals surface area contributed by atoms with E-state index in [1.165, 1.54) is 17.3 Å². The molecule has 0 radical (unpaired) electrons. The number of nitrogens with zero attached hydrogens (tertiary/aromatic N) is 4. The molecule has 1 aromatic heterocycles. The van der Waals surface area contributed by atoms with Gasteiger partial charge < -0.3 is 10.6 Å². The van der Waals surface area contributed by atoms with E-state index in [1.54, 1.807) is 12.4 Å². The molecular weight excluding hydrogens is 420 g/mol. The molecule has 10 nitrogen and oxygen atoms in total. The number of carbonyl (C=O) groups is 3. The first-order chi connectivity index (χ1) is 14.3. The largest absolute Gasteiger partial charge is 0.348 e. The van der Waals surface area contributed by atoms with Crippen molar-refractivity contribution in [2.45, 2.75) is 5.54 Å². The van der Waals surface area contributed by atoms with Gasteiger partial charge in [-0.25, -0.2) is 18.6 Å². The first-order valence-electron chi connectivity index (χ1n) is 8.65. The summed E-state index contributed by atoms with van der Waals surface area (Å²) >= 11 is 1.15. The van der Waals surface area contributed by atoms with Crippen LogP contribution in [-0.2, 0) is 15.1 Å².